The maximum absolute atomic E-state index is 10.9. The Morgan fingerprint density at radius 1 is 1.39 bits per heavy atom. The first kappa shape index (κ1) is 12.8. The number of aliphatic hydroxyl groups excluding tert-OH is 1. The highest BCUT2D eigenvalue weighted by Crippen LogP contribution is 2.26. The monoisotopic (exact) mass is 251 g/mol. The molecule has 0 unspecified atom stereocenters. The van der Waals surface area contributed by atoms with Crippen LogP contribution in [0.25, 0.3) is 0 Å². The lowest BCUT2D eigenvalue weighted by Crippen LogP contribution is -2.36. The molecule has 98 valence electrons. The summed E-state index contributed by atoms with van der Waals surface area (Å²) in [6, 6.07) is 0.329. The van der Waals surface area contributed by atoms with E-state index in [1.807, 2.05) is 4.90 Å². The zero-order chi connectivity index (χ0) is 13.0. The van der Waals surface area contributed by atoms with Gasteiger partial charge in [0.2, 0.25) is 0 Å². The highest BCUT2D eigenvalue weighted by molar-refractivity contribution is 5.85. The van der Waals surface area contributed by atoms with Crippen molar-refractivity contribution in [1.29, 1.82) is 0 Å². The predicted octanol–water partition coefficient (Wildman–Crippen LogP) is 0.916. The van der Waals surface area contributed by atoms with Crippen molar-refractivity contribution in [3.8, 4) is 0 Å². The number of carboxylic acid groups (broad SMARTS) is 1. The quantitative estimate of drug-likeness (QED) is 0.809. The second-order valence-electron chi connectivity index (χ2n) is 4.42. The van der Waals surface area contributed by atoms with Crippen LogP contribution in [0.4, 0.5) is 5.82 Å². The molecule has 0 aliphatic heterocycles. The zero-order valence-electron chi connectivity index (χ0n) is 10.1. The highest BCUT2D eigenvalue weighted by Gasteiger charge is 2.24. The Labute approximate surface area is 105 Å². The minimum Gasteiger partial charge on any atom is -0.476 e. The number of aliphatic hydroxyl groups is 1. The lowest BCUT2D eigenvalue weighted by molar-refractivity contribution is 0.0690. The number of nitrogens with zero attached hydrogens (tertiary/aromatic N) is 3. The number of aromatic carboxylic acids is 1. The van der Waals surface area contributed by atoms with Crippen molar-refractivity contribution in [2.45, 2.75) is 31.7 Å². The minimum absolute atomic E-state index is 0.0233. The SMILES string of the molecule is O=C(O)c1cncc(N(CCO)C2CCCC2)n1. The fraction of sp³-hybridized carbons (Fsp3) is 0.583. The largest absolute Gasteiger partial charge is 0.476 e. The lowest BCUT2D eigenvalue weighted by atomic mass is 10.2. The molecule has 0 atom stereocenters. The molecule has 1 aliphatic rings. The maximum Gasteiger partial charge on any atom is 0.356 e. The summed E-state index contributed by atoms with van der Waals surface area (Å²) in [4.78, 5) is 20.9. The topological polar surface area (TPSA) is 86.5 Å². The third-order valence-corrected chi connectivity index (χ3v) is 3.24. The van der Waals surface area contributed by atoms with Crippen molar-refractivity contribution in [2.24, 2.45) is 0 Å². The van der Waals surface area contributed by atoms with Crippen LogP contribution in [-0.4, -0.2) is 45.3 Å². The summed E-state index contributed by atoms with van der Waals surface area (Å²) in [5.41, 5.74) is -0.0616. The van der Waals surface area contributed by atoms with Crippen molar-refractivity contribution in [3.05, 3.63) is 18.1 Å². The van der Waals surface area contributed by atoms with Crippen LogP contribution in [0.2, 0.25) is 0 Å². The van der Waals surface area contributed by atoms with Crippen LogP contribution in [0.5, 0.6) is 0 Å². The van der Waals surface area contributed by atoms with E-state index in [0.717, 1.165) is 12.8 Å². The summed E-state index contributed by atoms with van der Waals surface area (Å²) >= 11 is 0. The Morgan fingerprint density at radius 2 is 2.11 bits per heavy atom. The fourth-order valence-electron chi connectivity index (χ4n) is 2.40. The molecular weight excluding hydrogens is 234 g/mol. The standard InChI is InChI=1S/C12H17N3O3/c16-6-5-15(9-3-1-2-4-9)11-8-13-7-10(14-11)12(17)18/h7-9,16H,1-6H2,(H,17,18). The Balaban J connectivity index is 2.23. The third-order valence-electron chi connectivity index (χ3n) is 3.24. The summed E-state index contributed by atoms with van der Waals surface area (Å²) < 4.78 is 0. The normalized spacial score (nSPS) is 15.8. The van der Waals surface area contributed by atoms with Gasteiger partial charge in [-0.1, -0.05) is 12.8 Å². The third kappa shape index (κ3) is 2.76. The molecule has 1 heterocycles. The van der Waals surface area contributed by atoms with E-state index in [1.54, 1.807) is 6.20 Å². The van der Waals surface area contributed by atoms with Gasteiger partial charge >= 0.3 is 5.97 Å². The van der Waals surface area contributed by atoms with Gasteiger partial charge < -0.3 is 15.1 Å². The molecule has 6 heteroatoms. The Hall–Kier alpha value is -1.69. The van der Waals surface area contributed by atoms with Crippen molar-refractivity contribution in [3.63, 3.8) is 0 Å². The molecule has 0 saturated heterocycles. The zero-order valence-corrected chi connectivity index (χ0v) is 10.1. The molecule has 2 rings (SSSR count). The van der Waals surface area contributed by atoms with Gasteiger partial charge in [-0.05, 0) is 12.8 Å². The van der Waals surface area contributed by atoms with E-state index in [2.05, 4.69) is 9.97 Å². The van der Waals surface area contributed by atoms with Gasteiger partial charge in [0, 0.05) is 12.6 Å². The van der Waals surface area contributed by atoms with Crippen LogP contribution in [0.3, 0.4) is 0 Å². The first-order chi connectivity index (χ1) is 8.72. The maximum atomic E-state index is 10.9. The van der Waals surface area contributed by atoms with Crippen LogP contribution in [0, 0.1) is 0 Å². The molecule has 0 amide bonds. The predicted molar refractivity (Wildman–Crippen MR) is 65.7 cm³/mol. The Kier molecular flexibility index (Phi) is 4.09. The molecule has 18 heavy (non-hydrogen) atoms. The molecular formula is C12H17N3O3. The number of carboxylic acids is 1. The van der Waals surface area contributed by atoms with Gasteiger partial charge in [-0.25, -0.2) is 9.78 Å². The van der Waals surface area contributed by atoms with E-state index in [1.165, 1.54) is 19.0 Å². The molecule has 1 aromatic rings. The van der Waals surface area contributed by atoms with E-state index in [0.29, 0.717) is 18.4 Å². The van der Waals surface area contributed by atoms with Gasteiger partial charge in [0.25, 0.3) is 0 Å². The van der Waals surface area contributed by atoms with Gasteiger partial charge in [-0.3, -0.25) is 4.98 Å². The van der Waals surface area contributed by atoms with Crippen molar-refractivity contribution in [1.82, 2.24) is 9.97 Å². The van der Waals surface area contributed by atoms with Gasteiger partial charge in [-0.15, -0.1) is 0 Å². The molecule has 0 spiro atoms. The summed E-state index contributed by atoms with van der Waals surface area (Å²) in [6.07, 6.45) is 7.23. The molecule has 0 radical (unpaired) electrons. The molecule has 0 aromatic carbocycles. The van der Waals surface area contributed by atoms with E-state index >= 15 is 0 Å². The highest BCUT2D eigenvalue weighted by atomic mass is 16.4. The van der Waals surface area contributed by atoms with E-state index in [4.69, 9.17) is 10.2 Å². The Bertz CT molecular complexity index is 419. The number of carbonyl (C=O) groups is 1. The average Bonchev–Trinajstić information content (AvgIpc) is 2.89. The Morgan fingerprint density at radius 3 is 2.72 bits per heavy atom. The average molecular weight is 251 g/mol. The smallest absolute Gasteiger partial charge is 0.356 e. The number of hydrogen-bond donors (Lipinski definition) is 2. The first-order valence-corrected chi connectivity index (χ1v) is 6.15. The van der Waals surface area contributed by atoms with Crippen molar-refractivity contribution < 1.29 is 15.0 Å². The second-order valence-corrected chi connectivity index (χ2v) is 4.42. The van der Waals surface area contributed by atoms with Crippen LogP contribution in [0.15, 0.2) is 12.4 Å². The fourth-order valence-corrected chi connectivity index (χ4v) is 2.40. The number of hydrogen-bond acceptors (Lipinski definition) is 5. The summed E-state index contributed by atoms with van der Waals surface area (Å²) in [5.74, 6) is -0.546. The molecule has 1 fully saturated rings. The van der Waals surface area contributed by atoms with Crippen molar-refractivity contribution in [2.75, 3.05) is 18.1 Å². The van der Waals surface area contributed by atoms with Gasteiger partial charge in [0.15, 0.2) is 5.69 Å². The van der Waals surface area contributed by atoms with Crippen LogP contribution < -0.4 is 4.90 Å². The van der Waals surface area contributed by atoms with Crippen LogP contribution >= 0.6 is 0 Å². The number of anilines is 1. The second kappa shape index (κ2) is 5.77. The van der Waals surface area contributed by atoms with E-state index in [-0.39, 0.29) is 12.3 Å². The summed E-state index contributed by atoms with van der Waals surface area (Å²) in [7, 11) is 0. The van der Waals surface area contributed by atoms with Crippen LogP contribution in [-0.2, 0) is 0 Å². The first-order valence-electron chi connectivity index (χ1n) is 6.15. The molecule has 1 aromatic heterocycles. The molecule has 6 nitrogen and oxygen atoms in total. The molecule has 0 bridgehead atoms. The lowest BCUT2D eigenvalue weighted by Gasteiger charge is -2.29. The van der Waals surface area contributed by atoms with E-state index < -0.39 is 5.97 Å². The number of rotatable bonds is 5. The molecule has 1 saturated carbocycles. The number of aromatic nitrogens is 2. The van der Waals surface area contributed by atoms with Crippen LogP contribution in [0.1, 0.15) is 36.2 Å². The van der Waals surface area contributed by atoms with Gasteiger partial charge in [0.05, 0.1) is 19.0 Å². The van der Waals surface area contributed by atoms with Gasteiger partial charge in [-0.2, -0.15) is 0 Å². The summed E-state index contributed by atoms with van der Waals surface area (Å²) in [6.45, 7) is 0.484. The minimum atomic E-state index is -1.08. The van der Waals surface area contributed by atoms with Gasteiger partial charge in [0.1, 0.15) is 5.82 Å². The van der Waals surface area contributed by atoms with E-state index in [9.17, 15) is 4.79 Å². The van der Waals surface area contributed by atoms with Crippen molar-refractivity contribution >= 4 is 11.8 Å². The molecule has 2 N–H and O–H groups in total. The summed E-state index contributed by atoms with van der Waals surface area (Å²) in [5, 5.41) is 18.0. The molecule has 1 aliphatic carbocycles.